The summed E-state index contributed by atoms with van der Waals surface area (Å²) < 4.78 is 64.4. The number of carbonyl (C=O) groups is 1. The fourth-order valence-corrected chi connectivity index (χ4v) is 2.20. The number of alkyl halides is 3. The number of halogens is 5. The van der Waals surface area contributed by atoms with E-state index in [9.17, 15) is 31.9 Å². The van der Waals surface area contributed by atoms with Crippen molar-refractivity contribution in [2.75, 3.05) is 13.1 Å². The molecule has 1 fully saturated rings. The Morgan fingerprint density at radius 2 is 1.76 bits per heavy atom. The van der Waals surface area contributed by atoms with Gasteiger partial charge in [-0.1, -0.05) is 6.07 Å². The summed E-state index contributed by atoms with van der Waals surface area (Å²) >= 11 is 0. The Morgan fingerprint density at radius 1 is 1.19 bits per heavy atom. The fraction of sp³-hybridized carbons (Fsp3) is 0.462. The molecule has 1 aromatic carbocycles. The topological polar surface area (TPSA) is 40.5 Å². The molecule has 0 bridgehead atoms. The third-order valence-electron chi connectivity index (χ3n) is 3.59. The standard InChI is InChI=1S/C13H12F5NO2/c14-9-3-1-2-8(10(9)15)11(20)19-6-4-12(21,5-7-19)13(16,17)18/h1-3,21H,4-7H2. The molecule has 8 heteroatoms. The van der Waals surface area contributed by atoms with E-state index in [2.05, 4.69) is 0 Å². The number of likely N-dealkylation sites (tertiary alicyclic amines) is 1. The Labute approximate surface area is 117 Å². The first kappa shape index (κ1) is 15.7. The van der Waals surface area contributed by atoms with Gasteiger partial charge in [0.2, 0.25) is 0 Å². The van der Waals surface area contributed by atoms with Crippen LogP contribution in [0, 0.1) is 11.6 Å². The van der Waals surface area contributed by atoms with Gasteiger partial charge >= 0.3 is 6.18 Å². The fourth-order valence-electron chi connectivity index (χ4n) is 2.20. The molecule has 0 atom stereocenters. The van der Waals surface area contributed by atoms with Crippen LogP contribution in [0.4, 0.5) is 22.0 Å². The molecule has 1 aromatic rings. The largest absolute Gasteiger partial charge is 0.417 e. The Balaban J connectivity index is 2.13. The highest BCUT2D eigenvalue weighted by atomic mass is 19.4. The van der Waals surface area contributed by atoms with Crippen molar-refractivity contribution in [3.05, 3.63) is 35.4 Å². The highest BCUT2D eigenvalue weighted by Crippen LogP contribution is 2.38. The van der Waals surface area contributed by atoms with Crippen molar-refractivity contribution in [2.24, 2.45) is 0 Å². The van der Waals surface area contributed by atoms with Crippen molar-refractivity contribution in [1.29, 1.82) is 0 Å². The van der Waals surface area contributed by atoms with Gasteiger partial charge < -0.3 is 10.0 Å². The van der Waals surface area contributed by atoms with Crippen LogP contribution in [-0.2, 0) is 0 Å². The van der Waals surface area contributed by atoms with E-state index in [-0.39, 0.29) is 13.1 Å². The zero-order chi connectivity index (χ0) is 15.8. The van der Waals surface area contributed by atoms with Crippen molar-refractivity contribution in [1.82, 2.24) is 4.90 Å². The summed E-state index contributed by atoms with van der Waals surface area (Å²) in [6.07, 6.45) is -6.18. The van der Waals surface area contributed by atoms with E-state index < -0.39 is 47.7 Å². The molecule has 1 aliphatic rings. The third-order valence-corrected chi connectivity index (χ3v) is 3.59. The van der Waals surface area contributed by atoms with Crippen LogP contribution in [0.1, 0.15) is 23.2 Å². The minimum Gasteiger partial charge on any atom is -0.380 e. The van der Waals surface area contributed by atoms with Crippen LogP contribution >= 0.6 is 0 Å². The molecule has 1 amide bonds. The summed E-state index contributed by atoms with van der Waals surface area (Å²) in [6.45, 7) is -0.768. The van der Waals surface area contributed by atoms with E-state index in [0.717, 1.165) is 23.1 Å². The smallest absolute Gasteiger partial charge is 0.380 e. The lowest BCUT2D eigenvalue weighted by molar-refractivity contribution is -0.271. The first-order valence-corrected chi connectivity index (χ1v) is 6.18. The molecule has 0 spiro atoms. The molecule has 1 heterocycles. The first-order valence-electron chi connectivity index (χ1n) is 6.18. The molecule has 1 N–H and O–H groups in total. The van der Waals surface area contributed by atoms with E-state index in [4.69, 9.17) is 0 Å². The lowest BCUT2D eigenvalue weighted by Crippen LogP contribution is -2.54. The molecule has 0 unspecified atom stereocenters. The monoisotopic (exact) mass is 309 g/mol. The number of nitrogens with zero attached hydrogens (tertiary/aromatic N) is 1. The zero-order valence-electron chi connectivity index (χ0n) is 10.8. The summed E-state index contributed by atoms with van der Waals surface area (Å²) in [7, 11) is 0. The average Bonchev–Trinajstić information content (AvgIpc) is 2.41. The van der Waals surface area contributed by atoms with Gasteiger partial charge in [0, 0.05) is 25.9 Å². The molecule has 3 nitrogen and oxygen atoms in total. The van der Waals surface area contributed by atoms with Crippen LogP contribution in [0.15, 0.2) is 18.2 Å². The summed E-state index contributed by atoms with van der Waals surface area (Å²) in [5.41, 5.74) is -3.38. The van der Waals surface area contributed by atoms with Crippen molar-refractivity contribution in [3.63, 3.8) is 0 Å². The molecule has 0 aliphatic carbocycles. The second kappa shape index (κ2) is 5.25. The van der Waals surface area contributed by atoms with Crippen LogP contribution in [0.5, 0.6) is 0 Å². The van der Waals surface area contributed by atoms with Crippen molar-refractivity contribution >= 4 is 5.91 Å². The minimum atomic E-state index is -4.79. The summed E-state index contributed by atoms with van der Waals surface area (Å²) in [5.74, 6) is -3.43. The van der Waals surface area contributed by atoms with Gasteiger partial charge in [-0.25, -0.2) is 8.78 Å². The normalized spacial score (nSPS) is 18.7. The van der Waals surface area contributed by atoms with Crippen LogP contribution in [0.25, 0.3) is 0 Å². The number of hydrogen-bond donors (Lipinski definition) is 1. The molecule has 2 rings (SSSR count). The summed E-state index contributed by atoms with van der Waals surface area (Å²) in [4.78, 5) is 13.0. The molecule has 0 saturated carbocycles. The van der Waals surface area contributed by atoms with E-state index >= 15 is 0 Å². The van der Waals surface area contributed by atoms with Gasteiger partial charge in [-0.15, -0.1) is 0 Å². The Bertz CT molecular complexity index is 550. The van der Waals surface area contributed by atoms with E-state index in [0.29, 0.717) is 0 Å². The highest BCUT2D eigenvalue weighted by molar-refractivity contribution is 5.94. The molecule has 1 saturated heterocycles. The van der Waals surface area contributed by atoms with Crippen molar-refractivity contribution in [3.8, 4) is 0 Å². The Morgan fingerprint density at radius 3 is 2.29 bits per heavy atom. The van der Waals surface area contributed by atoms with E-state index in [1.54, 1.807) is 0 Å². The molecule has 0 radical (unpaired) electrons. The second-order valence-electron chi connectivity index (χ2n) is 4.92. The lowest BCUT2D eigenvalue weighted by Gasteiger charge is -2.39. The number of carbonyl (C=O) groups excluding carboxylic acids is 1. The molecular weight excluding hydrogens is 297 g/mol. The number of benzene rings is 1. The zero-order valence-corrected chi connectivity index (χ0v) is 10.8. The number of amides is 1. The molecule has 0 aromatic heterocycles. The number of rotatable bonds is 1. The van der Waals surface area contributed by atoms with Gasteiger partial charge in [-0.3, -0.25) is 4.79 Å². The third kappa shape index (κ3) is 2.85. The minimum absolute atomic E-state index is 0.384. The van der Waals surface area contributed by atoms with Gasteiger partial charge in [-0.2, -0.15) is 13.2 Å². The van der Waals surface area contributed by atoms with Gasteiger partial charge in [0.15, 0.2) is 17.2 Å². The molecule has 1 aliphatic heterocycles. The second-order valence-corrected chi connectivity index (χ2v) is 4.92. The van der Waals surface area contributed by atoms with E-state index in [1.165, 1.54) is 0 Å². The van der Waals surface area contributed by atoms with Crippen molar-refractivity contribution < 1.29 is 31.9 Å². The number of hydrogen-bond acceptors (Lipinski definition) is 2. The highest BCUT2D eigenvalue weighted by Gasteiger charge is 2.55. The number of piperidine rings is 1. The maximum atomic E-state index is 13.5. The quantitative estimate of drug-likeness (QED) is 0.810. The Kier molecular flexibility index (Phi) is 3.92. The predicted molar refractivity (Wildman–Crippen MR) is 62.5 cm³/mol. The van der Waals surface area contributed by atoms with Gasteiger partial charge in [0.05, 0.1) is 5.56 Å². The van der Waals surface area contributed by atoms with Gasteiger partial charge in [0.1, 0.15) is 0 Å². The van der Waals surface area contributed by atoms with Crippen LogP contribution in [-0.4, -0.2) is 40.8 Å². The SMILES string of the molecule is O=C(c1cccc(F)c1F)N1CCC(O)(C(F)(F)F)CC1. The van der Waals surface area contributed by atoms with Crippen LogP contribution in [0.3, 0.4) is 0 Å². The summed E-state index contributed by atoms with van der Waals surface area (Å²) in [6, 6.07) is 3.04. The average molecular weight is 309 g/mol. The van der Waals surface area contributed by atoms with Gasteiger partial charge in [-0.05, 0) is 12.1 Å². The number of aliphatic hydroxyl groups is 1. The van der Waals surface area contributed by atoms with Crippen LogP contribution < -0.4 is 0 Å². The summed E-state index contributed by atoms with van der Waals surface area (Å²) in [5, 5.41) is 9.48. The maximum Gasteiger partial charge on any atom is 0.417 e. The molecular formula is C13H12F5NO2. The maximum absolute atomic E-state index is 13.5. The van der Waals surface area contributed by atoms with Crippen molar-refractivity contribution in [2.45, 2.75) is 24.6 Å². The van der Waals surface area contributed by atoms with E-state index in [1.807, 2.05) is 0 Å². The first-order chi connectivity index (χ1) is 9.66. The Hall–Kier alpha value is -1.70. The molecule has 21 heavy (non-hydrogen) atoms. The van der Waals surface area contributed by atoms with Gasteiger partial charge in [0.25, 0.3) is 5.91 Å². The van der Waals surface area contributed by atoms with Crippen LogP contribution in [0.2, 0.25) is 0 Å². The predicted octanol–water partition coefficient (Wildman–Crippen LogP) is 2.49. The molecule has 116 valence electrons. The lowest BCUT2D eigenvalue weighted by atomic mass is 9.90.